The zero-order valence-electron chi connectivity index (χ0n) is 9.22. The molecule has 0 saturated carbocycles. The number of halogens is 1. The normalized spacial score (nSPS) is 10.5. The number of aromatic nitrogens is 2. The van der Waals surface area contributed by atoms with Gasteiger partial charge in [-0.3, -0.25) is 0 Å². The second-order valence-corrected chi connectivity index (χ2v) is 3.74. The Labute approximate surface area is 97.3 Å². The highest BCUT2D eigenvalue weighted by Crippen LogP contribution is 2.15. The summed E-state index contributed by atoms with van der Waals surface area (Å²) in [4.78, 5) is 15.1. The molecular weight excluding hydrogens is 223 g/mol. The molecule has 0 fully saturated rings. The van der Waals surface area contributed by atoms with Gasteiger partial charge in [0.2, 0.25) is 0 Å². The summed E-state index contributed by atoms with van der Waals surface area (Å²) in [6.07, 6.45) is 3.67. The van der Waals surface area contributed by atoms with Crippen molar-refractivity contribution < 1.29 is 14.3 Å². The molecule has 4 nitrogen and oxygen atoms in total. The number of aryl methyl sites for hydroxylation is 1. The van der Waals surface area contributed by atoms with Crippen molar-refractivity contribution in [2.24, 2.45) is 7.05 Å². The second-order valence-electron chi connectivity index (χ2n) is 3.74. The first-order chi connectivity index (χ1) is 8.08. The summed E-state index contributed by atoms with van der Waals surface area (Å²) in [5.74, 6) is -0.813. The maximum Gasteiger partial charge on any atom is 0.335 e. The Morgan fingerprint density at radius 3 is 2.88 bits per heavy atom. The molecule has 1 N–H and O–H groups in total. The number of carboxylic acids is 1. The number of hydrogen-bond acceptors (Lipinski definition) is 2. The van der Waals surface area contributed by atoms with Crippen LogP contribution in [0.3, 0.4) is 0 Å². The Morgan fingerprint density at radius 2 is 2.29 bits per heavy atom. The summed E-state index contributed by atoms with van der Waals surface area (Å²) in [6.45, 7) is 0. The fourth-order valence-corrected chi connectivity index (χ4v) is 1.65. The maximum absolute atomic E-state index is 13.1. The lowest BCUT2D eigenvalue weighted by Gasteiger charge is -2.06. The first-order valence-corrected chi connectivity index (χ1v) is 5.06. The molecule has 0 radical (unpaired) electrons. The third kappa shape index (κ3) is 2.33. The van der Waals surface area contributed by atoms with Gasteiger partial charge in [0.05, 0.1) is 5.56 Å². The van der Waals surface area contributed by atoms with Gasteiger partial charge in [-0.25, -0.2) is 14.2 Å². The number of benzene rings is 1. The van der Waals surface area contributed by atoms with Crippen molar-refractivity contribution in [3.8, 4) is 0 Å². The molecule has 88 valence electrons. The van der Waals surface area contributed by atoms with Crippen LogP contribution < -0.4 is 0 Å². The fourth-order valence-electron chi connectivity index (χ4n) is 1.65. The smallest absolute Gasteiger partial charge is 0.335 e. The van der Waals surface area contributed by atoms with E-state index in [4.69, 9.17) is 5.11 Å². The summed E-state index contributed by atoms with van der Waals surface area (Å²) in [5, 5.41) is 9.00. The van der Waals surface area contributed by atoms with Crippen LogP contribution in [0.5, 0.6) is 0 Å². The molecule has 0 saturated heterocycles. The zero-order valence-corrected chi connectivity index (χ0v) is 9.22. The van der Waals surface area contributed by atoms with Crippen molar-refractivity contribution in [1.82, 2.24) is 9.55 Å². The predicted octanol–water partition coefficient (Wildman–Crippen LogP) is 1.85. The van der Waals surface area contributed by atoms with Gasteiger partial charge in [0, 0.05) is 25.9 Å². The minimum Gasteiger partial charge on any atom is -0.478 e. The van der Waals surface area contributed by atoms with E-state index in [-0.39, 0.29) is 5.56 Å². The van der Waals surface area contributed by atoms with Crippen LogP contribution in [-0.4, -0.2) is 20.6 Å². The van der Waals surface area contributed by atoms with Crippen molar-refractivity contribution in [3.63, 3.8) is 0 Å². The highest BCUT2D eigenvalue weighted by molar-refractivity contribution is 5.89. The van der Waals surface area contributed by atoms with E-state index in [0.29, 0.717) is 17.8 Å². The van der Waals surface area contributed by atoms with Crippen molar-refractivity contribution in [1.29, 1.82) is 0 Å². The Morgan fingerprint density at radius 1 is 1.53 bits per heavy atom. The van der Waals surface area contributed by atoms with Crippen LogP contribution in [0, 0.1) is 5.82 Å². The van der Waals surface area contributed by atoms with Gasteiger partial charge in [-0.05, 0) is 23.8 Å². The van der Waals surface area contributed by atoms with Gasteiger partial charge in [-0.1, -0.05) is 0 Å². The quantitative estimate of drug-likeness (QED) is 0.881. The third-order valence-electron chi connectivity index (χ3n) is 2.57. The average molecular weight is 234 g/mol. The van der Waals surface area contributed by atoms with E-state index in [2.05, 4.69) is 4.98 Å². The summed E-state index contributed by atoms with van der Waals surface area (Å²) in [6, 6.07) is 3.65. The maximum atomic E-state index is 13.1. The van der Waals surface area contributed by atoms with Gasteiger partial charge in [0.25, 0.3) is 0 Å². The fraction of sp³-hybridized carbons (Fsp3) is 0.167. The van der Waals surface area contributed by atoms with Gasteiger partial charge in [-0.15, -0.1) is 0 Å². The van der Waals surface area contributed by atoms with Gasteiger partial charge < -0.3 is 9.67 Å². The van der Waals surface area contributed by atoms with Crippen LogP contribution in [0.4, 0.5) is 4.39 Å². The van der Waals surface area contributed by atoms with Crippen molar-refractivity contribution in [2.75, 3.05) is 0 Å². The Bertz CT molecular complexity index is 563. The summed E-state index contributed by atoms with van der Waals surface area (Å²) < 4.78 is 14.9. The lowest BCUT2D eigenvalue weighted by molar-refractivity contribution is 0.0696. The molecule has 0 aliphatic heterocycles. The van der Waals surface area contributed by atoms with Crippen LogP contribution in [0.25, 0.3) is 0 Å². The molecule has 1 aromatic carbocycles. The largest absolute Gasteiger partial charge is 0.478 e. The standard InChI is InChI=1S/C12H11FN2O2/c1-15-5-4-14-11(15)7-8-6-9(13)2-3-10(8)12(16)17/h2-6H,7H2,1H3,(H,16,17). The number of imidazole rings is 1. The number of carboxylic acid groups (broad SMARTS) is 1. The van der Waals surface area contributed by atoms with E-state index in [9.17, 15) is 9.18 Å². The van der Waals surface area contributed by atoms with Gasteiger partial charge >= 0.3 is 5.97 Å². The number of rotatable bonds is 3. The zero-order chi connectivity index (χ0) is 12.4. The van der Waals surface area contributed by atoms with Crippen molar-refractivity contribution >= 4 is 5.97 Å². The van der Waals surface area contributed by atoms with Gasteiger partial charge in [0.15, 0.2) is 0 Å². The average Bonchev–Trinajstić information content (AvgIpc) is 2.64. The molecule has 0 atom stereocenters. The molecule has 1 heterocycles. The van der Waals surface area contributed by atoms with Crippen molar-refractivity contribution in [3.05, 3.63) is 53.4 Å². The number of carbonyl (C=O) groups is 1. The van der Waals surface area contributed by atoms with E-state index in [1.807, 2.05) is 7.05 Å². The highest BCUT2D eigenvalue weighted by Gasteiger charge is 2.13. The van der Waals surface area contributed by atoms with Crippen LogP contribution in [0.15, 0.2) is 30.6 Å². The molecule has 0 amide bonds. The molecule has 5 heteroatoms. The summed E-state index contributed by atoms with van der Waals surface area (Å²) in [7, 11) is 1.81. The predicted molar refractivity (Wildman–Crippen MR) is 59.4 cm³/mol. The highest BCUT2D eigenvalue weighted by atomic mass is 19.1. The summed E-state index contributed by atoms with van der Waals surface area (Å²) in [5.41, 5.74) is 0.529. The van der Waals surface area contributed by atoms with Crippen molar-refractivity contribution in [2.45, 2.75) is 6.42 Å². The number of hydrogen-bond donors (Lipinski definition) is 1. The molecule has 0 aliphatic rings. The molecule has 2 aromatic rings. The first-order valence-electron chi connectivity index (χ1n) is 5.06. The number of aromatic carboxylic acids is 1. The molecule has 0 aliphatic carbocycles. The SMILES string of the molecule is Cn1ccnc1Cc1cc(F)ccc1C(=O)O. The lowest BCUT2D eigenvalue weighted by Crippen LogP contribution is -2.06. The van der Waals surface area contributed by atoms with E-state index in [0.717, 1.165) is 6.07 Å². The Kier molecular flexibility index (Phi) is 2.91. The van der Waals surface area contributed by atoms with E-state index < -0.39 is 11.8 Å². The molecular formula is C12H11FN2O2. The molecule has 0 spiro atoms. The van der Waals surface area contributed by atoms with Crippen LogP contribution in [0.1, 0.15) is 21.7 Å². The lowest BCUT2D eigenvalue weighted by atomic mass is 10.0. The van der Waals surface area contributed by atoms with Crippen LogP contribution >= 0.6 is 0 Å². The minimum absolute atomic E-state index is 0.106. The van der Waals surface area contributed by atoms with E-state index >= 15 is 0 Å². The van der Waals surface area contributed by atoms with Gasteiger partial charge in [-0.2, -0.15) is 0 Å². The molecule has 0 unspecified atom stereocenters. The second kappa shape index (κ2) is 4.37. The van der Waals surface area contributed by atoms with Gasteiger partial charge in [0.1, 0.15) is 11.6 Å². The molecule has 17 heavy (non-hydrogen) atoms. The Balaban J connectivity index is 2.41. The van der Waals surface area contributed by atoms with E-state index in [1.54, 1.807) is 17.0 Å². The molecule has 0 bridgehead atoms. The van der Waals surface area contributed by atoms with Crippen LogP contribution in [0.2, 0.25) is 0 Å². The van der Waals surface area contributed by atoms with E-state index in [1.165, 1.54) is 12.1 Å². The molecule has 1 aromatic heterocycles. The first kappa shape index (κ1) is 11.3. The summed E-state index contributed by atoms with van der Waals surface area (Å²) >= 11 is 0. The van der Waals surface area contributed by atoms with Crippen LogP contribution in [-0.2, 0) is 13.5 Å². The minimum atomic E-state index is -1.06. The monoisotopic (exact) mass is 234 g/mol. The number of nitrogens with zero attached hydrogens (tertiary/aromatic N) is 2. The Hall–Kier alpha value is -2.17. The third-order valence-corrected chi connectivity index (χ3v) is 2.57. The molecule has 2 rings (SSSR count). The topological polar surface area (TPSA) is 55.1 Å².